The quantitative estimate of drug-likeness (QED) is 0.182. The van der Waals surface area contributed by atoms with Gasteiger partial charge in [0.15, 0.2) is 0 Å². The highest BCUT2D eigenvalue weighted by Crippen LogP contribution is 2.54. The Morgan fingerprint density at radius 3 is 1.31 bits per heavy atom. The Kier molecular flexibility index (Phi) is 6.37. The van der Waals surface area contributed by atoms with E-state index in [4.69, 9.17) is 0 Å². The summed E-state index contributed by atoms with van der Waals surface area (Å²) in [6, 6.07) is 28.5. The van der Waals surface area contributed by atoms with Gasteiger partial charge >= 0.3 is 24.4 Å². The van der Waals surface area contributed by atoms with Gasteiger partial charge in [-0.2, -0.15) is 35.1 Å². The topological polar surface area (TPSA) is 21.7 Å². The molecule has 0 bridgehead atoms. The molecule has 5 aromatic rings. The minimum absolute atomic E-state index is 0.140. The number of benzene rings is 5. The fraction of sp³-hybridized carbons (Fsp3) is 0.118. The molecule has 3 nitrogen and oxygen atoms in total. The van der Waals surface area contributed by atoms with E-state index in [1.807, 2.05) is 0 Å². The van der Waals surface area contributed by atoms with Gasteiger partial charge in [0.2, 0.25) is 0 Å². The molecular formula is C34H19F8NO2. The molecule has 0 fully saturated rings. The Morgan fingerprint density at radius 2 is 0.800 bits per heavy atom. The monoisotopic (exact) mass is 625 g/mol. The third kappa shape index (κ3) is 4.83. The van der Waals surface area contributed by atoms with Crippen LogP contribution in [0.5, 0.6) is 0 Å². The molecule has 7 rings (SSSR count). The lowest BCUT2D eigenvalue weighted by atomic mass is 9.93. The van der Waals surface area contributed by atoms with E-state index in [0.717, 1.165) is 24.3 Å². The number of para-hydroxylation sites is 2. The van der Waals surface area contributed by atoms with Crippen molar-refractivity contribution < 1.29 is 44.6 Å². The molecule has 0 unspecified atom stereocenters. The van der Waals surface area contributed by atoms with Crippen LogP contribution < -0.4 is 4.90 Å². The van der Waals surface area contributed by atoms with E-state index < -0.39 is 46.7 Å². The molecule has 2 aliphatic rings. The average Bonchev–Trinajstić information content (AvgIpc) is 3.32. The number of rotatable bonds is 5. The Bertz CT molecular complexity index is 1890. The van der Waals surface area contributed by atoms with E-state index in [2.05, 4.69) is 9.47 Å². The number of ether oxygens (including phenoxy) is 2. The van der Waals surface area contributed by atoms with Gasteiger partial charge < -0.3 is 4.90 Å². The van der Waals surface area contributed by atoms with Crippen molar-refractivity contribution in [2.45, 2.75) is 24.4 Å². The Hall–Kier alpha value is -4.74. The molecular weight excluding hydrogens is 606 g/mol. The summed E-state index contributed by atoms with van der Waals surface area (Å²) >= 11 is 0. The second-order valence-electron chi connectivity index (χ2n) is 10.5. The molecule has 0 radical (unpaired) electrons. The standard InChI is InChI=1S/C34H19F8NO2/c35-31(36)26-15-12-20(17-28(26)33(39,40)44-31)21-11-14-25(22-13-16-27-29(18-22)34(41,42)45-32(27,37)38)30(19-21)43(23-7-3-1-4-8-23)24-9-5-2-6-10-24/h1-19H. The molecule has 5 aromatic carbocycles. The molecule has 45 heavy (non-hydrogen) atoms. The highest BCUT2D eigenvalue weighted by Gasteiger charge is 2.58. The van der Waals surface area contributed by atoms with Crippen LogP contribution in [-0.4, -0.2) is 0 Å². The maximum Gasteiger partial charge on any atom is 0.388 e. The van der Waals surface area contributed by atoms with Gasteiger partial charge in [-0.1, -0.05) is 60.7 Å². The van der Waals surface area contributed by atoms with E-state index in [9.17, 15) is 35.1 Å². The van der Waals surface area contributed by atoms with E-state index in [1.165, 1.54) is 24.3 Å². The first-order valence-electron chi connectivity index (χ1n) is 13.5. The number of halogens is 8. The fourth-order valence-electron chi connectivity index (χ4n) is 5.69. The highest BCUT2D eigenvalue weighted by atomic mass is 19.3. The second-order valence-corrected chi connectivity index (χ2v) is 10.5. The minimum Gasteiger partial charge on any atom is -0.310 e. The smallest absolute Gasteiger partial charge is 0.310 e. The Labute approximate surface area is 250 Å². The minimum atomic E-state index is -4.26. The van der Waals surface area contributed by atoms with Crippen LogP contribution in [0.1, 0.15) is 22.3 Å². The van der Waals surface area contributed by atoms with Crippen LogP contribution in [0.2, 0.25) is 0 Å². The van der Waals surface area contributed by atoms with Crippen LogP contribution in [0.3, 0.4) is 0 Å². The number of nitrogens with zero attached hydrogens (tertiary/aromatic N) is 1. The zero-order valence-corrected chi connectivity index (χ0v) is 22.8. The first-order valence-corrected chi connectivity index (χ1v) is 13.5. The van der Waals surface area contributed by atoms with E-state index in [1.54, 1.807) is 71.6 Å². The van der Waals surface area contributed by atoms with Crippen LogP contribution in [0, 0.1) is 0 Å². The first-order chi connectivity index (χ1) is 21.3. The van der Waals surface area contributed by atoms with Crippen molar-refractivity contribution in [3.63, 3.8) is 0 Å². The van der Waals surface area contributed by atoms with Crippen LogP contribution in [0.15, 0.2) is 115 Å². The summed E-state index contributed by atoms with van der Waals surface area (Å²) in [5.41, 5.74) is -1.37. The predicted molar refractivity (Wildman–Crippen MR) is 150 cm³/mol. The summed E-state index contributed by atoms with van der Waals surface area (Å²) in [5, 5.41) is 0. The Balaban J connectivity index is 1.46. The van der Waals surface area contributed by atoms with Gasteiger partial charge in [0.25, 0.3) is 0 Å². The zero-order valence-electron chi connectivity index (χ0n) is 22.8. The van der Waals surface area contributed by atoms with E-state index in [-0.39, 0.29) is 11.1 Å². The SMILES string of the molecule is FC1(F)OC(F)(F)c2cc(-c3ccc(-c4ccc5c(c4)C(F)(F)OC5(F)F)c(N(c4ccccc4)c4ccccc4)c3)ccc21. The van der Waals surface area contributed by atoms with Crippen molar-refractivity contribution in [3.8, 4) is 22.3 Å². The van der Waals surface area contributed by atoms with Crippen LogP contribution in [0.4, 0.5) is 52.2 Å². The van der Waals surface area contributed by atoms with Crippen molar-refractivity contribution in [1.29, 1.82) is 0 Å². The van der Waals surface area contributed by atoms with Crippen molar-refractivity contribution in [2.24, 2.45) is 0 Å². The molecule has 0 saturated heterocycles. The van der Waals surface area contributed by atoms with Crippen molar-refractivity contribution in [3.05, 3.63) is 138 Å². The lowest BCUT2D eigenvalue weighted by Crippen LogP contribution is -2.17. The van der Waals surface area contributed by atoms with E-state index >= 15 is 0 Å². The molecule has 228 valence electrons. The summed E-state index contributed by atoms with van der Waals surface area (Å²) in [4.78, 5) is 1.77. The molecule has 0 amide bonds. The van der Waals surface area contributed by atoms with Gasteiger partial charge in [-0.25, -0.2) is 9.47 Å². The van der Waals surface area contributed by atoms with Gasteiger partial charge in [0.1, 0.15) is 0 Å². The molecule has 0 aliphatic carbocycles. The molecule has 0 spiro atoms. The highest BCUT2D eigenvalue weighted by molar-refractivity contribution is 5.91. The molecule has 0 N–H and O–H groups in total. The van der Waals surface area contributed by atoms with Gasteiger partial charge in [-0.3, -0.25) is 0 Å². The molecule has 2 aliphatic heterocycles. The Morgan fingerprint density at radius 1 is 0.400 bits per heavy atom. The molecule has 2 heterocycles. The molecule has 11 heteroatoms. The number of fused-ring (bicyclic) bond motifs is 2. The lowest BCUT2D eigenvalue weighted by Gasteiger charge is -2.28. The maximum absolute atomic E-state index is 14.6. The number of alkyl halides is 8. The number of anilines is 3. The fourth-order valence-corrected chi connectivity index (χ4v) is 5.69. The maximum atomic E-state index is 14.6. The second kappa shape index (κ2) is 9.88. The average molecular weight is 626 g/mol. The van der Waals surface area contributed by atoms with Crippen molar-refractivity contribution >= 4 is 17.1 Å². The largest absolute Gasteiger partial charge is 0.388 e. The van der Waals surface area contributed by atoms with Crippen LogP contribution in [-0.2, 0) is 33.9 Å². The van der Waals surface area contributed by atoms with Gasteiger partial charge in [-0.05, 0) is 71.3 Å². The van der Waals surface area contributed by atoms with Crippen LogP contribution in [0.25, 0.3) is 22.3 Å². The third-order valence-corrected chi connectivity index (χ3v) is 7.72. The van der Waals surface area contributed by atoms with Crippen LogP contribution >= 0.6 is 0 Å². The van der Waals surface area contributed by atoms with E-state index in [0.29, 0.717) is 28.2 Å². The molecule has 0 saturated carbocycles. The lowest BCUT2D eigenvalue weighted by molar-refractivity contribution is -0.370. The number of hydrogen-bond acceptors (Lipinski definition) is 3. The number of hydrogen-bond donors (Lipinski definition) is 0. The van der Waals surface area contributed by atoms with Gasteiger partial charge in [0, 0.05) is 16.9 Å². The zero-order chi connectivity index (χ0) is 31.8. The summed E-state index contributed by atoms with van der Waals surface area (Å²) in [5.74, 6) is 0. The summed E-state index contributed by atoms with van der Waals surface area (Å²) in [6.45, 7) is 0. The molecule has 0 aromatic heterocycles. The third-order valence-electron chi connectivity index (χ3n) is 7.72. The first kappa shape index (κ1) is 29.0. The summed E-state index contributed by atoms with van der Waals surface area (Å²) < 4.78 is 122. The summed E-state index contributed by atoms with van der Waals surface area (Å²) in [6.07, 6.45) is -16.9. The normalized spacial score (nSPS) is 18.3. The van der Waals surface area contributed by atoms with Gasteiger partial charge in [-0.15, -0.1) is 0 Å². The van der Waals surface area contributed by atoms with Crippen molar-refractivity contribution in [1.82, 2.24) is 0 Å². The summed E-state index contributed by atoms with van der Waals surface area (Å²) in [7, 11) is 0. The van der Waals surface area contributed by atoms with Gasteiger partial charge in [0.05, 0.1) is 27.9 Å². The van der Waals surface area contributed by atoms with Crippen molar-refractivity contribution in [2.75, 3.05) is 4.90 Å². The molecule has 0 atom stereocenters. The predicted octanol–water partition coefficient (Wildman–Crippen LogP) is 10.7.